The Kier molecular flexibility index (Phi) is 4.24. The van der Waals surface area contributed by atoms with E-state index in [-0.39, 0.29) is 29.5 Å². The van der Waals surface area contributed by atoms with Crippen LogP contribution in [0.5, 0.6) is 0 Å². The zero-order chi connectivity index (χ0) is 13.0. The van der Waals surface area contributed by atoms with Crippen LogP contribution in [-0.2, 0) is 4.79 Å². The highest BCUT2D eigenvalue weighted by atomic mass is 32.2. The Bertz CT molecular complexity index is 435. The van der Waals surface area contributed by atoms with Crippen LogP contribution in [0.15, 0.2) is 29.2 Å². The molecule has 0 saturated heterocycles. The first-order valence-corrected chi connectivity index (χ1v) is 6.89. The van der Waals surface area contributed by atoms with E-state index >= 15 is 0 Å². The highest BCUT2D eigenvalue weighted by Crippen LogP contribution is 2.44. The Morgan fingerprint density at radius 1 is 1.44 bits per heavy atom. The Morgan fingerprint density at radius 3 is 2.78 bits per heavy atom. The van der Waals surface area contributed by atoms with Crippen LogP contribution in [-0.4, -0.2) is 29.9 Å². The van der Waals surface area contributed by atoms with E-state index in [4.69, 9.17) is 5.11 Å². The SMILES string of the molecule is O=C(CSc1ccccc1F)NCC1(CO)CC1. The van der Waals surface area contributed by atoms with E-state index in [0.717, 1.165) is 12.8 Å². The lowest BCUT2D eigenvalue weighted by atomic mass is 10.1. The highest BCUT2D eigenvalue weighted by molar-refractivity contribution is 8.00. The predicted octanol–water partition coefficient (Wildman–Crippen LogP) is 1.81. The molecule has 0 aromatic heterocycles. The van der Waals surface area contributed by atoms with E-state index in [2.05, 4.69) is 5.32 Å². The fraction of sp³-hybridized carbons (Fsp3) is 0.462. The van der Waals surface area contributed by atoms with Gasteiger partial charge in [0, 0.05) is 16.9 Å². The summed E-state index contributed by atoms with van der Waals surface area (Å²) in [5.41, 5.74) is -0.0850. The normalized spacial score (nSPS) is 16.3. The third kappa shape index (κ3) is 3.46. The summed E-state index contributed by atoms with van der Waals surface area (Å²) < 4.78 is 13.3. The largest absolute Gasteiger partial charge is 0.396 e. The van der Waals surface area contributed by atoms with Gasteiger partial charge in [-0.1, -0.05) is 12.1 Å². The molecular formula is C13H16FNO2S. The molecule has 0 bridgehead atoms. The number of hydrogen-bond acceptors (Lipinski definition) is 3. The molecule has 2 rings (SSSR count). The van der Waals surface area contributed by atoms with Gasteiger partial charge in [-0.2, -0.15) is 0 Å². The molecule has 1 aliphatic rings. The van der Waals surface area contributed by atoms with Gasteiger partial charge in [0.2, 0.25) is 5.91 Å². The van der Waals surface area contributed by atoms with Crippen LogP contribution in [0.25, 0.3) is 0 Å². The van der Waals surface area contributed by atoms with Crippen LogP contribution in [0.3, 0.4) is 0 Å². The Hall–Kier alpha value is -1.07. The minimum atomic E-state index is -0.302. The highest BCUT2D eigenvalue weighted by Gasteiger charge is 2.41. The Morgan fingerprint density at radius 2 is 2.17 bits per heavy atom. The van der Waals surface area contributed by atoms with Gasteiger partial charge in [0.15, 0.2) is 0 Å². The smallest absolute Gasteiger partial charge is 0.230 e. The van der Waals surface area contributed by atoms with Gasteiger partial charge in [-0.05, 0) is 25.0 Å². The van der Waals surface area contributed by atoms with E-state index in [1.54, 1.807) is 18.2 Å². The first-order chi connectivity index (χ1) is 8.65. The maximum Gasteiger partial charge on any atom is 0.230 e. The molecule has 5 heteroatoms. The van der Waals surface area contributed by atoms with Crippen molar-refractivity contribution in [2.24, 2.45) is 5.41 Å². The van der Waals surface area contributed by atoms with Crippen molar-refractivity contribution in [1.82, 2.24) is 5.32 Å². The van der Waals surface area contributed by atoms with E-state index in [0.29, 0.717) is 11.4 Å². The number of aliphatic hydroxyl groups is 1. The van der Waals surface area contributed by atoms with Gasteiger partial charge in [-0.25, -0.2) is 4.39 Å². The molecule has 3 nitrogen and oxygen atoms in total. The summed E-state index contributed by atoms with van der Waals surface area (Å²) in [6, 6.07) is 6.40. The fourth-order valence-electron chi connectivity index (χ4n) is 1.61. The lowest BCUT2D eigenvalue weighted by Gasteiger charge is -2.12. The van der Waals surface area contributed by atoms with Crippen molar-refractivity contribution < 1.29 is 14.3 Å². The quantitative estimate of drug-likeness (QED) is 0.774. The topological polar surface area (TPSA) is 49.3 Å². The molecule has 2 N–H and O–H groups in total. The molecule has 1 aliphatic carbocycles. The maximum atomic E-state index is 13.3. The van der Waals surface area contributed by atoms with Crippen LogP contribution < -0.4 is 5.32 Å². The third-order valence-electron chi connectivity index (χ3n) is 3.15. The summed E-state index contributed by atoms with van der Waals surface area (Å²) in [5, 5.41) is 11.9. The lowest BCUT2D eigenvalue weighted by Crippen LogP contribution is -2.32. The molecule has 0 atom stereocenters. The minimum Gasteiger partial charge on any atom is -0.396 e. The lowest BCUT2D eigenvalue weighted by molar-refractivity contribution is -0.118. The van der Waals surface area contributed by atoms with Gasteiger partial charge >= 0.3 is 0 Å². The van der Waals surface area contributed by atoms with Crippen LogP contribution in [0.2, 0.25) is 0 Å². The van der Waals surface area contributed by atoms with Crippen molar-refractivity contribution in [2.75, 3.05) is 18.9 Å². The second-order valence-corrected chi connectivity index (χ2v) is 5.67. The van der Waals surface area contributed by atoms with Crippen molar-refractivity contribution in [3.8, 4) is 0 Å². The summed E-state index contributed by atoms with van der Waals surface area (Å²) >= 11 is 1.18. The number of benzene rings is 1. The summed E-state index contributed by atoms with van der Waals surface area (Å²) in [6.07, 6.45) is 1.93. The molecule has 0 unspecified atom stereocenters. The van der Waals surface area contributed by atoms with Crippen molar-refractivity contribution in [1.29, 1.82) is 0 Å². The molecule has 98 valence electrons. The van der Waals surface area contributed by atoms with Gasteiger partial charge in [-0.15, -0.1) is 11.8 Å². The van der Waals surface area contributed by atoms with Crippen LogP contribution >= 0.6 is 11.8 Å². The number of aliphatic hydroxyl groups excluding tert-OH is 1. The summed E-state index contributed by atoms with van der Waals surface area (Å²) in [7, 11) is 0. The second kappa shape index (κ2) is 5.71. The van der Waals surface area contributed by atoms with Crippen molar-refractivity contribution in [2.45, 2.75) is 17.7 Å². The van der Waals surface area contributed by atoms with Crippen LogP contribution in [0.4, 0.5) is 4.39 Å². The monoisotopic (exact) mass is 269 g/mol. The van der Waals surface area contributed by atoms with Crippen molar-refractivity contribution in [3.05, 3.63) is 30.1 Å². The van der Waals surface area contributed by atoms with E-state index in [1.165, 1.54) is 17.8 Å². The molecular weight excluding hydrogens is 253 g/mol. The number of nitrogens with one attached hydrogen (secondary N) is 1. The molecule has 1 aromatic carbocycles. The summed E-state index contributed by atoms with van der Waals surface area (Å²) in [4.78, 5) is 12.1. The molecule has 0 spiro atoms. The Balaban J connectivity index is 1.74. The molecule has 0 heterocycles. The Labute approximate surface area is 110 Å². The zero-order valence-electron chi connectivity index (χ0n) is 9.99. The number of carbonyl (C=O) groups is 1. The summed E-state index contributed by atoms with van der Waals surface area (Å²) in [5.74, 6) is -0.227. The molecule has 1 amide bonds. The van der Waals surface area contributed by atoms with Gasteiger partial charge < -0.3 is 10.4 Å². The predicted molar refractivity (Wildman–Crippen MR) is 68.9 cm³/mol. The van der Waals surface area contributed by atoms with Crippen LogP contribution in [0, 0.1) is 11.2 Å². The molecule has 1 fully saturated rings. The third-order valence-corrected chi connectivity index (χ3v) is 4.20. The average Bonchev–Trinajstić information content (AvgIpc) is 3.16. The zero-order valence-corrected chi connectivity index (χ0v) is 10.8. The molecule has 18 heavy (non-hydrogen) atoms. The molecule has 0 radical (unpaired) electrons. The standard InChI is InChI=1S/C13H16FNO2S/c14-10-3-1-2-4-11(10)18-7-12(17)15-8-13(9-16)5-6-13/h1-4,16H,5-9H2,(H,15,17). The second-order valence-electron chi connectivity index (χ2n) is 4.65. The number of carbonyl (C=O) groups excluding carboxylic acids is 1. The van der Waals surface area contributed by atoms with Gasteiger partial charge in [0.05, 0.1) is 12.4 Å². The molecule has 1 aromatic rings. The van der Waals surface area contributed by atoms with Gasteiger partial charge in [-0.3, -0.25) is 4.79 Å². The van der Waals surface area contributed by atoms with Gasteiger partial charge in [0.1, 0.15) is 5.82 Å². The van der Waals surface area contributed by atoms with Crippen molar-refractivity contribution in [3.63, 3.8) is 0 Å². The van der Waals surface area contributed by atoms with E-state index < -0.39 is 0 Å². The number of hydrogen-bond donors (Lipinski definition) is 2. The van der Waals surface area contributed by atoms with E-state index in [9.17, 15) is 9.18 Å². The fourth-order valence-corrected chi connectivity index (χ4v) is 2.38. The first kappa shape index (κ1) is 13.4. The average molecular weight is 269 g/mol. The number of amides is 1. The van der Waals surface area contributed by atoms with Crippen molar-refractivity contribution >= 4 is 17.7 Å². The maximum absolute atomic E-state index is 13.3. The number of rotatable bonds is 6. The molecule has 1 saturated carbocycles. The van der Waals surface area contributed by atoms with Crippen LogP contribution in [0.1, 0.15) is 12.8 Å². The summed E-state index contributed by atoms with van der Waals surface area (Å²) in [6.45, 7) is 0.633. The van der Waals surface area contributed by atoms with E-state index in [1.807, 2.05) is 0 Å². The number of halogens is 1. The van der Waals surface area contributed by atoms with Gasteiger partial charge in [0.25, 0.3) is 0 Å². The first-order valence-electron chi connectivity index (χ1n) is 5.90. The molecule has 0 aliphatic heterocycles. The number of thioether (sulfide) groups is 1. The minimum absolute atomic E-state index is 0.0850.